The number of aliphatic carboxylic acids is 1. The minimum Gasteiger partial charge on any atom is -0.481 e. The van der Waals surface area contributed by atoms with Crippen LogP contribution in [-0.4, -0.2) is 33.7 Å². The Kier molecular flexibility index (Phi) is 7.07. The third kappa shape index (κ3) is 4.87. The molecule has 1 amide bonds. The summed E-state index contributed by atoms with van der Waals surface area (Å²) < 4.78 is 0. The molecule has 7 heteroatoms. The second-order valence-electron chi connectivity index (χ2n) is 9.81. The van der Waals surface area contributed by atoms with Gasteiger partial charge in [-0.1, -0.05) is 61.3 Å². The molecular weight excluding hydrogens is 473 g/mol. The van der Waals surface area contributed by atoms with Gasteiger partial charge in [0.25, 0.3) is 0 Å². The molecule has 2 aromatic rings. The van der Waals surface area contributed by atoms with Crippen LogP contribution in [0.2, 0.25) is 10.0 Å². The van der Waals surface area contributed by atoms with E-state index in [9.17, 15) is 19.5 Å². The number of carbonyl (C=O) groups excluding carboxylic acids is 2. The number of Topliss-reactive ketones (excluding diaryl/α,β-unsaturated/α-hetero) is 1. The van der Waals surface area contributed by atoms with Crippen molar-refractivity contribution < 1.29 is 19.5 Å². The number of rotatable bonds is 8. The molecule has 1 unspecified atom stereocenters. The molecule has 34 heavy (non-hydrogen) atoms. The Labute approximate surface area is 210 Å². The van der Waals surface area contributed by atoms with Crippen LogP contribution in [0.4, 0.5) is 0 Å². The van der Waals surface area contributed by atoms with E-state index in [1.54, 1.807) is 30.0 Å². The zero-order valence-electron chi connectivity index (χ0n) is 19.3. The van der Waals surface area contributed by atoms with Crippen LogP contribution in [0.5, 0.6) is 0 Å². The van der Waals surface area contributed by atoms with Crippen LogP contribution in [-0.2, 0) is 14.4 Å². The van der Waals surface area contributed by atoms with Crippen LogP contribution in [0.15, 0.2) is 48.5 Å². The van der Waals surface area contributed by atoms with E-state index >= 15 is 0 Å². The van der Waals surface area contributed by atoms with Gasteiger partial charge in [-0.2, -0.15) is 0 Å². The molecule has 0 bridgehead atoms. The quantitative estimate of drug-likeness (QED) is 0.461. The van der Waals surface area contributed by atoms with Crippen LogP contribution in [0.25, 0.3) is 0 Å². The lowest BCUT2D eigenvalue weighted by molar-refractivity contribution is -0.162. The molecule has 1 N–H and O–H groups in total. The molecule has 1 heterocycles. The van der Waals surface area contributed by atoms with E-state index in [1.165, 1.54) is 0 Å². The van der Waals surface area contributed by atoms with Gasteiger partial charge in [0.05, 0.1) is 23.9 Å². The van der Waals surface area contributed by atoms with Crippen molar-refractivity contribution in [3.8, 4) is 0 Å². The number of likely N-dealkylation sites (tertiary alicyclic amines) is 1. The highest BCUT2D eigenvalue weighted by Gasteiger charge is 2.54. The fourth-order valence-corrected chi connectivity index (χ4v) is 5.72. The maximum atomic E-state index is 14.1. The molecule has 4 rings (SSSR count). The molecule has 0 spiro atoms. The topological polar surface area (TPSA) is 74.7 Å². The van der Waals surface area contributed by atoms with Gasteiger partial charge >= 0.3 is 5.97 Å². The van der Waals surface area contributed by atoms with Gasteiger partial charge < -0.3 is 10.0 Å². The van der Waals surface area contributed by atoms with Crippen molar-refractivity contribution >= 4 is 40.9 Å². The highest BCUT2D eigenvalue weighted by molar-refractivity contribution is 6.30. The molecule has 0 radical (unpaired) electrons. The van der Waals surface area contributed by atoms with E-state index in [2.05, 4.69) is 0 Å². The average molecular weight is 502 g/mol. The van der Waals surface area contributed by atoms with E-state index in [0.29, 0.717) is 22.9 Å². The molecule has 2 aromatic carbocycles. The molecule has 180 valence electrons. The number of hydrogen-bond acceptors (Lipinski definition) is 3. The van der Waals surface area contributed by atoms with Crippen molar-refractivity contribution in [1.29, 1.82) is 0 Å². The van der Waals surface area contributed by atoms with E-state index < -0.39 is 23.5 Å². The van der Waals surface area contributed by atoms with Gasteiger partial charge in [-0.15, -0.1) is 0 Å². The van der Waals surface area contributed by atoms with E-state index in [-0.39, 0.29) is 29.9 Å². The van der Waals surface area contributed by atoms with Crippen molar-refractivity contribution in [3.05, 3.63) is 69.7 Å². The van der Waals surface area contributed by atoms with Gasteiger partial charge in [-0.05, 0) is 61.1 Å². The fourth-order valence-electron chi connectivity index (χ4n) is 5.40. The molecule has 1 saturated carbocycles. The maximum absolute atomic E-state index is 14.1. The zero-order valence-corrected chi connectivity index (χ0v) is 20.9. The van der Waals surface area contributed by atoms with Crippen molar-refractivity contribution in [2.24, 2.45) is 11.3 Å². The Bertz CT molecular complexity index is 1100. The molecule has 0 aromatic heterocycles. The SMILES string of the molecule is CC[C@@H](C(=O)C1CC1)N1C(=O)[C@@](C)(CC(=O)O)CC(c2cccc(Cl)c2)[C@H]1c1ccc(Cl)cc1. The third-order valence-corrected chi connectivity index (χ3v) is 7.65. The summed E-state index contributed by atoms with van der Waals surface area (Å²) in [7, 11) is 0. The number of nitrogens with zero attached hydrogens (tertiary/aromatic N) is 1. The first-order chi connectivity index (χ1) is 16.1. The Hall–Kier alpha value is -2.37. The maximum Gasteiger partial charge on any atom is 0.304 e. The summed E-state index contributed by atoms with van der Waals surface area (Å²) in [4.78, 5) is 41.0. The largest absolute Gasteiger partial charge is 0.481 e. The lowest BCUT2D eigenvalue weighted by atomic mass is 9.66. The Morgan fingerprint density at radius 1 is 1.09 bits per heavy atom. The first-order valence-corrected chi connectivity index (χ1v) is 12.5. The van der Waals surface area contributed by atoms with Crippen LogP contribution < -0.4 is 0 Å². The van der Waals surface area contributed by atoms with Crippen molar-refractivity contribution in [2.75, 3.05) is 0 Å². The summed E-state index contributed by atoms with van der Waals surface area (Å²) >= 11 is 12.5. The van der Waals surface area contributed by atoms with Gasteiger partial charge in [0.15, 0.2) is 5.78 Å². The number of piperidine rings is 1. The first-order valence-electron chi connectivity index (χ1n) is 11.7. The highest BCUT2D eigenvalue weighted by atomic mass is 35.5. The predicted molar refractivity (Wildman–Crippen MR) is 132 cm³/mol. The zero-order chi connectivity index (χ0) is 24.6. The Morgan fingerprint density at radius 2 is 1.76 bits per heavy atom. The smallest absolute Gasteiger partial charge is 0.304 e. The summed E-state index contributed by atoms with van der Waals surface area (Å²) in [6, 6.07) is 13.7. The van der Waals surface area contributed by atoms with Crippen molar-refractivity contribution in [2.45, 2.75) is 64.0 Å². The summed E-state index contributed by atoms with van der Waals surface area (Å²) in [5.74, 6) is -1.52. The number of amides is 1. The third-order valence-electron chi connectivity index (χ3n) is 7.16. The molecule has 1 aliphatic carbocycles. The summed E-state index contributed by atoms with van der Waals surface area (Å²) in [6.07, 6.45) is 2.17. The molecular formula is C27H29Cl2NO4. The lowest BCUT2D eigenvalue weighted by Gasteiger charge is -2.51. The Morgan fingerprint density at radius 3 is 2.32 bits per heavy atom. The van der Waals surface area contributed by atoms with Gasteiger partial charge in [0.1, 0.15) is 0 Å². The van der Waals surface area contributed by atoms with Crippen molar-refractivity contribution in [1.82, 2.24) is 4.90 Å². The minimum absolute atomic E-state index is 0.0270. The van der Waals surface area contributed by atoms with E-state index in [4.69, 9.17) is 23.2 Å². The van der Waals surface area contributed by atoms with Crippen molar-refractivity contribution in [3.63, 3.8) is 0 Å². The van der Waals surface area contributed by atoms with Crippen LogP contribution in [0, 0.1) is 11.3 Å². The standard InChI is InChI=1S/C27H29Cl2NO4/c1-3-22(25(33)17-7-8-17)30-24(16-9-11-19(28)12-10-16)21(18-5-4-6-20(29)13-18)14-27(2,26(30)34)15-23(31)32/h4-6,9-13,17,21-22,24H,3,7-8,14-15H2,1-2H3,(H,31,32)/t21?,22-,24+,27+/m0/s1. The van der Waals surface area contributed by atoms with Gasteiger partial charge in [0, 0.05) is 21.9 Å². The van der Waals surface area contributed by atoms with E-state index in [1.807, 2.05) is 37.3 Å². The molecule has 5 nitrogen and oxygen atoms in total. The minimum atomic E-state index is -1.15. The number of halogens is 2. The van der Waals surface area contributed by atoms with Gasteiger partial charge in [-0.25, -0.2) is 0 Å². The molecule has 2 aliphatic rings. The normalized spacial score (nSPS) is 25.8. The van der Waals surface area contributed by atoms with Crippen LogP contribution >= 0.6 is 23.2 Å². The second kappa shape index (κ2) is 9.71. The number of hydrogen-bond donors (Lipinski definition) is 1. The summed E-state index contributed by atoms with van der Waals surface area (Å²) in [6.45, 7) is 3.62. The van der Waals surface area contributed by atoms with Gasteiger partial charge in [-0.3, -0.25) is 14.4 Å². The van der Waals surface area contributed by atoms with E-state index in [0.717, 1.165) is 24.0 Å². The number of benzene rings is 2. The molecule has 1 saturated heterocycles. The van der Waals surface area contributed by atoms with Crippen LogP contribution in [0.1, 0.15) is 69.0 Å². The predicted octanol–water partition coefficient (Wildman–Crippen LogP) is 6.29. The second-order valence-corrected chi connectivity index (χ2v) is 10.7. The monoisotopic (exact) mass is 501 g/mol. The summed E-state index contributed by atoms with van der Waals surface area (Å²) in [5.41, 5.74) is 0.622. The number of carbonyl (C=O) groups is 3. The lowest BCUT2D eigenvalue weighted by Crippen LogP contribution is -2.58. The number of carboxylic acids is 1. The molecule has 4 atom stereocenters. The molecule has 1 aliphatic heterocycles. The highest BCUT2D eigenvalue weighted by Crippen LogP contribution is 2.52. The summed E-state index contributed by atoms with van der Waals surface area (Å²) in [5, 5.41) is 10.8. The van der Waals surface area contributed by atoms with Crippen LogP contribution in [0.3, 0.4) is 0 Å². The first kappa shape index (κ1) is 24.7. The Balaban J connectivity index is 1.91. The number of carboxylic acid groups (broad SMARTS) is 1. The fraction of sp³-hybridized carbons (Fsp3) is 0.444. The molecule has 2 fully saturated rings. The van der Waals surface area contributed by atoms with Gasteiger partial charge in [0.2, 0.25) is 5.91 Å². The average Bonchev–Trinajstić information content (AvgIpc) is 3.63. The number of ketones is 1.